The molecule has 1 aromatic rings. The van der Waals surface area contributed by atoms with E-state index in [0.29, 0.717) is 38.9 Å². The van der Waals surface area contributed by atoms with Gasteiger partial charge in [0, 0.05) is 22.2 Å². The molecule has 6 nitrogen and oxygen atoms in total. The molecule has 0 radical (unpaired) electrons. The monoisotopic (exact) mass is 538 g/mol. The highest BCUT2D eigenvalue weighted by Gasteiger charge is 2.32. The number of rotatable bonds is 6. The van der Waals surface area contributed by atoms with Crippen molar-refractivity contribution in [2.24, 2.45) is 4.99 Å². The van der Waals surface area contributed by atoms with Crippen LogP contribution in [0.15, 0.2) is 26.5 Å². The molecular formula is C16H16BrIN2O4S. The van der Waals surface area contributed by atoms with Gasteiger partial charge in [0.2, 0.25) is 0 Å². The summed E-state index contributed by atoms with van der Waals surface area (Å²) in [7, 11) is 0. The van der Waals surface area contributed by atoms with Gasteiger partial charge in [-0.15, -0.1) is 0 Å². The molecule has 2 rings (SSSR count). The molecule has 0 aliphatic carbocycles. The lowest BCUT2D eigenvalue weighted by atomic mass is 10.2. The van der Waals surface area contributed by atoms with Crippen LogP contribution in [0.4, 0.5) is 0 Å². The first-order valence-electron chi connectivity index (χ1n) is 7.46. The number of benzene rings is 1. The van der Waals surface area contributed by atoms with Crippen molar-refractivity contribution >= 4 is 73.4 Å². The number of carboxylic acids is 1. The van der Waals surface area contributed by atoms with Crippen molar-refractivity contribution in [2.45, 2.75) is 13.8 Å². The second-order valence-electron chi connectivity index (χ2n) is 4.91. The molecule has 0 atom stereocenters. The van der Waals surface area contributed by atoms with Crippen LogP contribution >= 0.6 is 50.3 Å². The number of aliphatic carboxylic acids is 1. The van der Waals surface area contributed by atoms with E-state index in [1.54, 1.807) is 11.0 Å². The lowest BCUT2D eigenvalue weighted by Crippen LogP contribution is -2.28. The van der Waals surface area contributed by atoms with Gasteiger partial charge in [0.05, 0.1) is 9.38 Å². The third kappa shape index (κ3) is 4.98. The van der Waals surface area contributed by atoms with Crippen molar-refractivity contribution < 1.29 is 19.4 Å². The van der Waals surface area contributed by atoms with Crippen molar-refractivity contribution in [3.05, 3.63) is 30.6 Å². The van der Waals surface area contributed by atoms with Crippen LogP contribution in [0.2, 0.25) is 0 Å². The minimum Gasteiger partial charge on any atom is -0.480 e. The maximum Gasteiger partial charge on any atom is 0.341 e. The molecule has 134 valence electrons. The number of carboxylic acid groups (broad SMARTS) is 1. The van der Waals surface area contributed by atoms with Crippen LogP contribution in [0.3, 0.4) is 0 Å². The van der Waals surface area contributed by atoms with Crippen molar-refractivity contribution in [2.75, 3.05) is 19.7 Å². The van der Waals surface area contributed by atoms with Crippen molar-refractivity contribution in [3.63, 3.8) is 0 Å². The van der Waals surface area contributed by atoms with Crippen molar-refractivity contribution in [3.8, 4) is 5.75 Å². The summed E-state index contributed by atoms with van der Waals surface area (Å²) in [5, 5.41) is 9.54. The van der Waals surface area contributed by atoms with Crippen LogP contribution in [0, 0.1) is 3.57 Å². The molecule has 1 N–H and O–H groups in total. The number of carbonyl (C=O) groups excluding carboxylic acids is 1. The second-order valence-corrected chi connectivity index (χ2v) is 8.01. The minimum absolute atomic E-state index is 0.112. The van der Waals surface area contributed by atoms with Gasteiger partial charge in [-0.1, -0.05) is 0 Å². The van der Waals surface area contributed by atoms with Crippen LogP contribution in [0.1, 0.15) is 19.4 Å². The average molecular weight is 539 g/mol. The Labute approximate surface area is 172 Å². The van der Waals surface area contributed by atoms with E-state index in [4.69, 9.17) is 9.84 Å². The number of likely N-dealkylation sites (N-methyl/N-ethyl adjacent to an activating group) is 1. The van der Waals surface area contributed by atoms with Crippen molar-refractivity contribution in [1.29, 1.82) is 0 Å². The molecule has 25 heavy (non-hydrogen) atoms. The van der Waals surface area contributed by atoms with Gasteiger partial charge in [-0.25, -0.2) is 4.79 Å². The smallest absolute Gasteiger partial charge is 0.341 e. The highest BCUT2D eigenvalue weighted by atomic mass is 127. The van der Waals surface area contributed by atoms with Gasteiger partial charge >= 0.3 is 5.97 Å². The van der Waals surface area contributed by atoms with E-state index in [1.807, 2.05) is 26.0 Å². The predicted octanol–water partition coefficient (Wildman–Crippen LogP) is 3.83. The van der Waals surface area contributed by atoms with Gasteiger partial charge in [0.15, 0.2) is 11.8 Å². The third-order valence-electron chi connectivity index (χ3n) is 3.16. The highest BCUT2D eigenvalue weighted by molar-refractivity contribution is 14.1. The van der Waals surface area contributed by atoms with Crippen LogP contribution in [0.25, 0.3) is 6.08 Å². The van der Waals surface area contributed by atoms with Crippen LogP contribution in [0.5, 0.6) is 5.75 Å². The van der Waals surface area contributed by atoms with Gasteiger partial charge in [0.25, 0.3) is 5.91 Å². The summed E-state index contributed by atoms with van der Waals surface area (Å²) in [6.45, 7) is 4.50. The summed E-state index contributed by atoms with van der Waals surface area (Å²) in [5.41, 5.74) is 0.643. The normalized spacial score (nSPS) is 17.6. The summed E-state index contributed by atoms with van der Waals surface area (Å²) in [5.74, 6) is -0.781. The summed E-state index contributed by atoms with van der Waals surface area (Å²) < 4.78 is 6.97. The molecule has 1 heterocycles. The Morgan fingerprint density at radius 2 is 2.20 bits per heavy atom. The first-order chi connectivity index (χ1) is 11.9. The first kappa shape index (κ1) is 20.2. The lowest BCUT2D eigenvalue weighted by Gasteiger charge is -2.12. The number of nitrogens with zero attached hydrogens (tertiary/aromatic N) is 2. The van der Waals surface area contributed by atoms with Gasteiger partial charge in [-0.2, -0.15) is 0 Å². The molecule has 1 aliphatic heterocycles. The molecule has 0 bridgehead atoms. The second kappa shape index (κ2) is 9.04. The Morgan fingerprint density at radius 3 is 2.80 bits per heavy atom. The largest absolute Gasteiger partial charge is 0.480 e. The summed E-state index contributed by atoms with van der Waals surface area (Å²) >= 11 is 6.86. The van der Waals surface area contributed by atoms with E-state index < -0.39 is 12.6 Å². The Kier molecular flexibility index (Phi) is 7.32. The average Bonchev–Trinajstić information content (AvgIpc) is 2.81. The number of hydrogen-bond donors (Lipinski definition) is 1. The highest BCUT2D eigenvalue weighted by Crippen LogP contribution is 2.37. The molecule has 1 aromatic carbocycles. The fourth-order valence-electron chi connectivity index (χ4n) is 2.15. The standard InChI is InChI=1S/C16H16BrIN2O4S/c1-3-19-16-20(4-2)15(23)12(25-16)6-9-5-10(18)7-11(17)14(9)24-8-13(21)22/h5-7H,3-4,8H2,1-2H3,(H,21,22)/b12-6+,19-16?. The van der Waals surface area contributed by atoms with Crippen LogP contribution in [-0.2, 0) is 9.59 Å². The van der Waals surface area contributed by atoms with E-state index in [2.05, 4.69) is 43.5 Å². The molecule has 0 aromatic heterocycles. The zero-order chi connectivity index (χ0) is 18.6. The SMILES string of the molecule is CCN=C1S/C(=C/c2cc(I)cc(Br)c2OCC(=O)O)C(=O)N1CC. The van der Waals surface area contributed by atoms with E-state index in [1.165, 1.54) is 11.8 Å². The van der Waals surface area contributed by atoms with Gasteiger partial charge in [0.1, 0.15) is 5.75 Å². The number of amidine groups is 1. The molecule has 1 aliphatic rings. The molecule has 1 amide bonds. The summed E-state index contributed by atoms with van der Waals surface area (Å²) in [6, 6.07) is 3.67. The number of amides is 1. The number of thioether (sulfide) groups is 1. The zero-order valence-electron chi connectivity index (χ0n) is 13.6. The number of ether oxygens (including phenoxy) is 1. The van der Waals surface area contributed by atoms with E-state index >= 15 is 0 Å². The van der Waals surface area contributed by atoms with Crippen molar-refractivity contribution in [1.82, 2.24) is 4.90 Å². The minimum atomic E-state index is -1.06. The Bertz CT molecular complexity index is 767. The zero-order valence-corrected chi connectivity index (χ0v) is 18.1. The lowest BCUT2D eigenvalue weighted by molar-refractivity contribution is -0.139. The van der Waals surface area contributed by atoms with Gasteiger partial charge in [-0.3, -0.25) is 14.7 Å². The maximum atomic E-state index is 12.6. The van der Waals surface area contributed by atoms with E-state index in [-0.39, 0.29) is 5.91 Å². The first-order valence-corrected chi connectivity index (χ1v) is 10.2. The molecule has 0 unspecified atom stereocenters. The third-order valence-corrected chi connectivity index (χ3v) is 5.42. The summed E-state index contributed by atoms with van der Waals surface area (Å²) in [6.07, 6.45) is 1.72. The van der Waals surface area contributed by atoms with E-state index in [9.17, 15) is 9.59 Å². The Morgan fingerprint density at radius 1 is 1.48 bits per heavy atom. The van der Waals surface area contributed by atoms with Crippen LogP contribution in [-0.4, -0.2) is 46.7 Å². The predicted molar refractivity (Wildman–Crippen MR) is 111 cm³/mol. The molecule has 9 heteroatoms. The molecule has 0 spiro atoms. The molecule has 1 fully saturated rings. The van der Waals surface area contributed by atoms with Gasteiger partial charge < -0.3 is 9.84 Å². The Hall–Kier alpha value is -1.07. The molecule has 0 saturated carbocycles. The Balaban J connectivity index is 2.44. The quantitative estimate of drug-likeness (QED) is 0.440. The number of hydrogen-bond acceptors (Lipinski definition) is 5. The number of halogens is 2. The maximum absolute atomic E-state index is 12.6. The van der Waals surface area contributed by atoms with Gasteiger partial charge in [-0.05, 0) is 82.3 Å². The number of aliphatic imine (C=N–C) groups is 1. The molecular weight excluding hydrogens is 523 g/mol. The fourth-order valence-corrected chi connectivity index (χ4v) is 4.92. The fraction of sp³-hybridized carbons (Fsp3) is 0.312. The molecule has 1 saturated heterocycles. The summed E-state index contributed by atoms with van der Waals surface area (Å²) in [4.78, 5) is 29.9. The topological polar surface area (TPSA) is 79.2 Å². The number of carbonyl (C=O) groups is 2. The van der Waals surface area contributed by atoms with Crippen LogP contribution < -0.4 is 4.74 Å². The van der Waals surface area contributed by atoms with E-state index in [0.717, 1.165) is 3.57 Å².